The van der Waals surface area contributed by atoms with E-state index in [1.54, 1.807) is 6.92 Å². The van der Waals surface area contributed by atoms with Crippen LogP contribution in [0.5, 0.6) is 0 Å². The van der Waals surface area contributed by atoms with Gasteiger partial charge in [0.05, 0.1) is 11.3 Å². The Bertz CT molecular complexity index is 259. The van der Waals surface area contributed by atoms with Crippen molar-refractivity contribution < 1.29 is 9.59 Å². The predicted octanol–water partition coefficient (Wildman–Crippen LogP) is 0.888. The summed E-state index contributed by atoms with van der Waals surface area (Å²) >= 11 is 0.971. The van der Waals surface area contributed by atoms with Gasteiger partial charge in [0.15, 0.2) is 0 Å². The second-order valence-corrected chi connectivity index (χ2v) is 3.77. The zero-order valence-electron chi connectivity index (χ0n) is 6.53. The van der Waals surface area contributed by atoms with Crippen molar-refractivity contribution in [2.24, 2.45) is 5.92 Å². The molecule has 2 amide bonds. The van der Waals surface area contributed by atoms with Crippen LogP contribution in [0.4, 0.5) is 4.79 Å². The van der Waals surface area contributed by atoms with Gasteiger partial charge in [0.1, 0.15) is 0 Å². The third kappa shape index (κ3) is 1.77. The van der Waals surface area contributed by atoms with Gasteiger partial charge in [0.2, 0.25) is 5.91 Å². The third-order valence-electron chi connectivity index (χ3n) is 1.65. The lowest BCUT2D eigenvalue weighted by molar-refractivity contribution is -0.119. The molecule has 64 valence electrons. The molecule has 0 aromatic rings. The molecular weight excluding hydrogens is 176 g/mol. The lowest BCUT2D eigenvalue weighted by Gasteiger charge is -2.09. The number of hydrogen-bond donors (Lipinski definition) is 1. The van der Waals surface area contributed by atoms with Gasteiger partial charge in [0, 0.05) is 6.42 Å². The fourth-order valence-corrected chi connectivity index (χ4v) is 1.88. The van der Waals surface area contributed by atoms with E-state index in [0.29, 0.717) is 6.42 Å². The summed E-state index contributed by atoms with van der Waals surface area (Å²) in [6.45, 7) is 1.79. The number of carbonyl (C=O) groups is 2. The van der Waals surface area contributed by atoms with E-state index in [2.05, 4.69) is 5.32 Å². The summed E-state index contributed by atoms with van der Waals surface area (Å²) in [5.41, 5.74) is 0. The molecule has 0 spiro atoms. The van der Waals surface area contributed by atoms with Gasteiger partial charge in [-0.15, -0.1) is 0 Å². The molecule has 1 rings (SSSR count). The summed E-state index contributed by atoms with van der Waals surface area (Å²) < 4.78 is 0. The second kappa shape index (κ2) is 3.59. The van der Waals surface area contributed by atoms with Gasteiger partial charge in [-0.1, -0.05) is 18.7 Å². The number of rotatable bonds is 2. The summed E-state index contributed by atoms with van der Waals surface area (Å²) in [5, 5.41) is 9.87. The number of nitriles is 1. The van der Waals surface area contributed by atoms with Gasteiger partial charge < -0.3 is 0 Å². The molecule has 12 heavy (non-hydrogen) atoms. The van der Waals surface area contributed by atoms with Crippen LogP contribution in [0.3, 0.4) is 0 Å². The van der Waals surface area contributed by atoms with Crippen LogP contribution in [0.2, 0.25) is 0 Å². The normalized spacial score (nSPS) is 24.8. The highest BCUT2D eigenvalue weighted by atomic mass is 32.2. The van der Waals surface area contributed by atoms with Crippen molar-refractivity contribution in [3.8, 4) is 6.07 Å². The Morgan fingerprint density at radius 2 is 2.42 bits per heavy atom. The van der Waals surface area contributed by atoms with Crippen LogP contribution < -0.4 is 5.32 Å². The number of nitrogens with zero attached hydrogens (tertiary/aromatic N) is 1. The summed E-state index contributed by atoms with van der Waals surface area (Å²) in [5.74, 6) is -0.334. The van der Waals surface area contributed by atoms with E-state index in [1.165, 1.54) is 0 Å². The Morgan fingerprint density at radius 1 is 1.75 bits per heavy atom. The summed E-state index contributed by atoms with van der Waals surface area (Å²) in [7, 11) is 0. The number of imide groups is 1. The van der Waals surface area contributed by atoms with Crippen LogP contribution in [0.25, 0.3) is 0 Å². The Labute approximate surface area is 74.3 Å². The monoisotopic (exact) mass is 184 g/mol. The highest BCUT2D eigenvalue weighted by Gasteiger charge is 2.35. The molecule has 0 aromatic carbocycles. The molecule has 0 aromatic heterocycles. The molecule has 0 saturated carbocycles. The zero-order chi connectivity index (χ0) is 9.14. The molecule has 2 atom stereocenters. The molecule has 1 aliphatic rings. The van der Waals surface area contributed by atoms with Crippen LogP contribution in [-0.4, -0.2) is 16.4 Å². The molecule has 0 bridgehead atoms. The molecule has 4 nitrogen and oxygen atoms in total. The van der Waals surface area contributed by atoms with E-state index in [-0.39, 0.29) is 22.3 Å². The summed E-state index contributed by atoms with van der Waals surface area (Å²) in [6, 6.07) is 1.98. The van der Waals surface area contributed by atoms with Crippen LogP contribution in [0.15, 0.2) is 0 Å². The third-order valence-corrected chi connectivity index (χ3v) is 2.90. The van der Waals surface area contributed by atoms with Crippen LogP contribution >= 0.6 is 11.8 Å². The van der Waals surface area contributed by atoms with Crippen LogP contribution in [0, 0.1) is 17.2 Å². The first kappa shape index (κ1) is 9.07. The van der Waals surface area contributed by atoms with Crippen molar-refractivity contribution in [3.63, 3.8) is 0 Å². The Kier molecular flexibility index (Phi) is 2.71. The molecule has 1 saturated heterocycles. The number of thioether (sulfide) groups is 1. The second-order valence-electron chi connectivity index (χ2n) is 2.65. The molecule has 1 fully saturated rings. The first-order valence-electron chi connectivity index (χ1n) is 3.53. The number of hydrogen-bond acceptors (Lipinski definition) is 4. The lowest BCUT2D eigenvalue weighted by atomic mass is 10.0. The fourth-order valence-electron chi connectivity index (χ4n) is 0.996. The SMILES string of the molecule is C[C@H](CC#N)C1SC(=O)NC1=O. The lowest BCUT2D eigenvalue weighted by Crippen LogP contribution is -2.28. The van der Waals surface area contributed by atoms with E-state index in [9.17, 15) is 9.59 Å². The first-order chi connectivity index (χ1) is 5.65. The zero-order valence-corrected chi connectivity index (χ0v) is 7.35. The van der Waals surface area contributed by atoms with Gasteiger partial charge in [-0.2, -0.15) is 5.26 Å². The van der Waals surface area contributed by atoms with Crippen molar-refractivity contribution in [1.82, 2.24) is 5.32 Å². The molecular formula is C7H8N2O2S. The summed E-state index contributed by atoms with van der Waals surface area (Å²) in [6.07, 6.45) is 0.304. The van der Waals surface area contributed by atoms with Gasteiger partial charge in [0.25, 0.3) is 5.24 Å². The van der Waals surface area contributed by atoms with Crippen LogP contribution in [-0.2, 0) is 4.79 Å². The van der Waals surface area contributed by atoms with E-state index in [0.717, 1.165) is 11.8 Å². The predicted molar refractivity (Wildman–Crippen MR) is 44.3 cm³/mol. The van der Waals surface area contributed by atoms with Crippen molar-refractivity contribution in [2.75, 3.05) is 0 Å². The minimum absolute atomic E-state index is 0.0635. The number of carbonyl (C=O) groups excluding carboxylic acids is 2. The smallest absolute Gasteiger partial charge is 0.286 e. The molecule has 1 heterocycles. The van der Waals surface area contributed by atoms with Gasteiger partial charge in [-0.3, -0.25) is 14.9 Å². The van der Waals surface area contributed by atoms with Gasteiger partial charge in [-0.25, -0.2) is 0 Å². The minimum atomic E-state index is -0.378. The highest BCUT2D eigenvalue weighted by Crippen LogP contribution is 2.27. The number of amides is 2. The molecule has 5 heteroatoms. The van der Waals surface area contributed by atoms with E-state index < -0.39 is 0 Å². The Morgan fingerprint density at radius 3 is 2.83 bits per heavy atom. The van der Waals surface area contributed by atoms with Gasteiger partial charge >= 0.3 is 0 Å². The van der Waals surface area contributed by atoms with Crippen molar-refractivity contribution >= 4 is 22.9 Å². The average Bonchev–Trinajstić information content (AvgIpc) is 2.30. The Balaban J connectivity index is 2.59. The largest absolute Gasteiger partial charge is 0.286 e. The fraction of sp³-hybridized carbons (Fsp3) is 0.571. The topological polar surface area (TPSA) is 70.0 Å². The first-order valence-corrected chi connectivity index (χ1v) is 4.41. The summed E-state index contributed by atoms with van der Waals surface area (Å²) in [4.78, 5) is 21.8. The van der Waals surface area contributed by atoms with Crippen molar-refractivity contribution in [3.05, 3.63) is 0 Å². The number of nitrogens with one attached hydrogen (secondary N) is 1. The van der Waals surface area contributed by atoms with Crippen LogP contribution in [0.1, 0.15) is 13.3 Å². The average molecular weight is 184 g/mol. The molecule has 1 aliphatic heterocycles. The van der Waals surface area contributed by atoms with E-state index >= 15 is 0 Å². The quantitative estimate of drug-likeness (QED) is 0.691. The van der Waals surface area contributed by atoms with Gasteiger partial charge in [-0.05, 0) is 5.92 Å². The molecule has 1 unspecified atom stereocenters. The van der Waals surface area contributed by atoms with Crippen molar-refractivity contribution in [2.45, 2.75) is 18.6 Å². The molecule has 1 N–H and O–H groups in total. The maximum absolute atomic E-state index is 11.0. The maximum atomic E-state index is 11.0. The Hall–Kier alpha value is -1.02. The maximum Gasteiger partial charge on any atom is 0.286 e. The molecule has 0 aliphatic carbocycles. The van der Waals surface area contributed by atoms with E-state index in [1.807, 2.05) is 6.07 Å². The highest BCUT2D eigenvalue weighted by molar-refractivity contribution is 8.15. The molecule has 0 radical (unpaired) electrons. The minimum Gasteiger partial charge on any atom is -0.286 e. The van der Waals surface area contributed by atoms with Crippen molar-refractivity contribution in [1.29, 1.82) is 5.26 Å². The standard InChI is InChI=1S/C7H8N2O2S/c1-4(2-3-8)5-6(10)9-7(11)12-5/h4-5H,2H2,1H3,(H,9,10,11)/t4-,5?/m1/s1. The van der Waals surface area contributed by atoms with E-state index in [4.69, 9.17) is 5.26 Å².